The van der Waals surface area contributed by atoms with Gasteiger partial charge in [0.15, 0.2) is 5.11 Å². The van der Waals surface area contributed by atoms with Crippen molar-refractivity contribution in [1.29, 1.82) is 0 Å². The van der Waals surface area contributed by atoms with Crippen LogP contribution in [-0.2, 0) is 0 Å². The maximum Gasteiger partial charge on any atom is 0.170 e. The van der Waals surface area contributed by atoms with Crippen molar-refractivity contribution in [3.05, 3.63) is 24.3 Å². The molecule has 1 aliphatic rings. The van der Waals surface area contributed by atoms with E-state index < -0.39 is 0 Å². The van der Waals surface area contributed by atoms with Crippen LogP contribution in [0, 0.1) is 11.8 Å². The zero-order valence-corrected chi connectivity index (χ0v) is 16.0. The molecule has 0 spiro atoms. The van der Waals surface area contributed by atoms with E-state index in [4.69, 9.17) is 17.0 Å². The van der Waals surface area contributed by atoms with Crippen molar-refractivity contribution >= 4 is 23.0 Å². The van der Waals surface area contributed by atoms with Gasteiger partial charge in [0.05, 0.1) is 12.3 Å². The highest BCUT2D eigenvalue weighted by Crippen LogP contribution is 2.23. The van der Waals surface area contributed by atoms with Gasteiger partial charge >= 0.3 is 0 Å². The molecule has 0 saturated carbocycles. The molecule has 2 rings (SSSR count). The number of rotatable bonds is 7. The molecule has 1 aliphatic heterocycles. The second-order valence-electron chi connectivity index (χ2n) is 6.87. The normalized spacial score (nSPS) is 21.3. The fraction of sp³-hybridized carbons (Fsp3) is 0.632. The van der Waals surface area contributed by atoms with Gasteiger partial charge in [-0.05, 0) is 62.5 Å². The molecular formula is C19H31N3OS. The summed E-state index contributed by atoms with van der Waals surface area (Å²) in [5.74, 6) is 2.47. The van der Waals surface area contributed by atoms with E-state index in [-0.39, 0.29) is 0 Å². The zero-order valence-electron chi connectivity index (χ0n) is 15.2. The number of nitrogens with one attached hydrogen (secondary N) is 2. The number of anilines is 1. The van der Waals surface area contributed by atoms with Gasteiger partial charge < -0.3 is 20.3 Å². The van der Waals surface area contributed by atoms with Crippen LogP contribution in [0.5, 0.6) is 5.75 Å². The Labute approximate surface area is 152 Å². The largest absolute Gasteiger partial charge is 0.492 e. The fourth-order valence-electron chi connectivity index (χ4n) is 3.50. The Morgan fingerprint density at radius 1 is 1.25 bits per heavy atom. The summed E-state index contributed by atoms with van der Waals surface area (Å²) in [7, 11) is 0. The number of likely N-dealkylation sites (tertiary alicyclic amines) is 1. The van der Waals surface area contributed by atoms with Crippen LogP contribution in [0.3, 0.4) is 0 Å². The molecule has 2 unspecified atom stereocenters. The summed E-state index contributed by atoms with van der Waals surface area (Å²) in [5.41, 5.74) is 0.913. The van der Waals surface area contributed by atoms with E-state index >= 15 is 0 Å². The summed E-state index contributed by atoms with van der Waals surface area (Å²) in [4.78, 5) is 2.58. The summed E-state index contributed by atoms with van der Waals surface area (Å²) >= 11 is 5.40. The molecule has 2 N–H and O–H groups in total. The van der Waals surface area contributed by atoms with E-state index in [1.165, 1.54) is 19.5 Å². The Hall–Kier alpha value is -1.33. The first-order chi connectivity index (χ1) is 11.6. The molecule has 2 atom stereocenters. The molecule has 0 amide bonds. The van der Waals surface area contributed by atoms with E-state index in [9.17, 15) is 0 Å². The minimum atomic E-state index is 0.644. The molecule has 0 radical (unpaired) electrons. The Morgan fingerprint density at radius 2 is 1.96 bits per heavy atom. The average Bonchev–Trinajstić information content (AvgIpc) is 2.53. The summed E-state index contributed by atoms with van der Waals surface area (Å²) in [6.07, 6.45) is 2.47. The molecular weight excluding hydrogens is 318 g/mol. The first-order valence-corrected chi connectivity index (χ1v) is 9.48. The van der Waals surface area contributed by atoms with E-state index in [2.05, 4.69) is 29.4 Å². The third-order valence-corrected chi connectivity index (χ3v) is 4.56. The molecule has 0 aromatic heterocycles. The van der Waals surface area contributed by atoms with Crippen LogP contribution in [0.15, 0.2) is 24.3 Å². The highest BCUT2D eigenvalue weighted by atomic mass is 32.1. The molecule has 1 aromatic rings. The van der Waals surface area contributed by atoms with Gasteiger partial charge in [0, 0.05) is 19.6 Å². The third-order valence-electron chi connectivity index (χ3n) is 4.32. The van der Waals surface area contributed by atoms with Crippen molar-refractivity contribution < 1.29 is 4.74 Å². The smallest absolute Gasteiger partial charge is 0.170 e. The number of hydrogen-bond acceptors (Lipinski definition) is 3. The van der Waals surface area contributed by atoms with Crippen molar-refractivity contribution in [3.8, 4) is 5.75 Å². The van der Waals surface area contributed by atoms with Gasteiger partial charge in [-0.25, -0.2) is 0 Å². The lowest BCUT2D eigenvalue weighted by atomic mass is 9.92. The number of hydrogen-bond donors (Lipinski definition) is 2. The van der Waals surface area contributed by atoms with E-state index in [1.807, 2.05) is 31.2 Å². The molecule has 0 bridgehead atoms. The molecule has 1 saturated heterocycles. The number of piperidine rings is 1. The quantitative estimate of drug-likeness (QED) is 0.579. The first kappa shape index (κ1) is 19.0. The molecule has 134 valence electrons. The van der Waals surface area contributed by atoms with Gasteiger partial charge in [-0.1, -0.05) is 26.0 Å². The van der Waals surface area contributed by atoms with E-state index in [1.54, 1.807) is 0 Å². The monoisotopic (exact) mass is 349 g/mol. The summed E-state index contributed by atoms with van der Waals surface area (Å²) in [5, 5.41) is 7.19. The standard InChI is InChI=1S/C19H31N3OS/c1-4-23-18-9-6-5-8-17(18)21-19(24)20-10-7-11-22-13-15(2)12-16(3)14-22/h5-6,8-9,15-16H,4,7,10-14H2,1-3H3,(H2,20,21,24). The van der Waals surface area contributed by atoms with Crippen molar-refractivity contribution in [3.63, 3.8) is 0 Å². The lowest BCUT2D eigenvalue weighted by molar-refractivity contribution is 0.140. The zero-order chi connectivity index (χ0) is 17.4. The Kier molecular flexibility index (Phi) is 7.79. The maximum atomic E-state index is 5.61. The highest BCUT2D eigenvalue weighted by molar-refractivity contribution is 7.80. The highest BCUT2D eigenvalue weighted by Gasteiger charge is 2.20. The average molecular weight is 350 g/mol. The van der Waals surface area contributed by atoms with Gasteiger partial charge in [-0.15, -0.1) is 0 Å². The van der Waals surface area contributed by atoms with Gasteiger partial charge in [0.1, 0.15) is 5.75 Å². The van der Waals surface area contributed by atoms with Crippen molar-refractivity contribution in [1.82, 2.24) is 10.2 Å². The van der Waals surface area contributed by atoms with Crippen LogP contribution in [-0.4, -0.2) is 42.8 Å². The number of thiocarbonyl (C=S) groups is 1. The summed E-state index contributed by atoms with van der Waals surface area (Å²) in [6, 6.07) is 7.88. The molecule has 4 nitrogen and oxygen atoms in total. The number of benzene rings is 1. The van der Waals surface area contributed by atoms with Crippen molar-refractivity contribution in [2.45, 2.75) is 33.6 Å². The lowest BCUT2D eigenvalue weighted by Crippen LogP contribution is -2.40. The predicted octanol–water partition coefficient (Wildman–Crippen LogP) is 3.74. The Morgan fingerprint density at radius 3 is 2.67 bits per heavy atom. The van der Waals surface area contributed by atoms with Gasteiger partial charge in [-0.3, -0.25) is 0 Å². The van der Waals surface area contributed by atoms with E-state index in [0.29, 0.717) is 11.7 Å². The fourth-order valence-corrected chi connectivity index (χ4v) is 3.71. The van der Waals surface area contributed by atoms with Gasteiger partial charge in [-0.2, -0.15) is 0 Å². The minimum Gasteiger partial charge on any atom is -0.492 e. The van der Waals surface area contributed by atoms with Crippen molar-refractivity contribution in [2.75, 3.05) is 38.1 Å². The molecule has 1 fully saturated rings. The molecule has 0 aliphatic carbocycles. The second-order valence-corrected chi connectivity index (χ2v) is 7.28. The molecule has 1 heterocycles. The Bertz CT molecular complexity index is 513. The SMILES string of the molecule is CCOc1ccccc1NC(=S)NCCCN1CC(C)CC(C)C1. The van der Waals surface area contributed by atoms with Crippen LogP contribution < -0.4 is 15.4 Å². The van der Waals surface area contributed by atoms with Crippen LogP contribution in [0.2, 0.25) is 0 Å². The van der Waals surface area contributed by atoms with Gasteiger partial charge in [0.25, 0.3) is 0 Å². The number of ether oxygens (including phenoxy) is 1. The lowest BCUT2D eigenvalue weighted by Gasteiger charge is -2.35. The third kappa shape index (κ3) is 6.29. The molecule has 24 heavy (non-hydrogen) atoms. The van der Waals surface area contributed by atoms with Gasteiger partial charge in [0.2, 0.25) is 0 Å². The topological polar surface area (TPSA) is 36.5 Å². The van der Waals surface area contributed by atoms with E-state index in [0.717, 1.165) is 42.8 Å². The molecule has 1 aromatic carbocycles. The van der Waals surface area contributed by atoms with Crippen molar-refractivity contribution in [2.24, 2.45) is 11.8 Å². The predicted molar refractivity (Wildman–Crippen MR) is 106 cm³/mol. The maximum absolute atomic E-state index is 5.61. The number of nitrogens with zero attached hydrogens (tertiary/aromatic N) is 1. The minimum absolute atomic E-state index is 0.644. The van der Waals surface area contributed by atoms with Crippen LogP contribution in [0.25, 0.3) is 0 Å². The van der Waals surface area contributed by atoms with Crippen LogP contribution >= 0.6 is 12.2 Å². The summed E-state index contributed by atoms with van der Waals surface area (Å²) < 4.78 is 5.61. The summed E-state index contributed by atoms with van der Waals surface area (Å²) in [6.45, 7) is 11.8. The second kappa shape index (κ2) is 9.84. The van der Waals surface area contributed by atoms with Crippen LogP contribution in [0.1, 0.15) is 33.6 Å². The Balaban J connectivity index is 1.68. The first-order valence-electron chi connectivity index (χ1n) is 9.07. The van der Waals surface area contributed by atoms with Crippen LogP contribution in [0.4, 0.5) is 5.69 Å². The number of para-hydroxylation sites is 2. The molecule has 5 heteroatoms.